The normalized spacial score (nSPS) is 33.0. The Morgan fingerprint density at radius 1 is 1.11 bits per heavy atom. The van der Waals surface area contributed by atoms with Gasteiger partial charge in [0.05, 0.1) is 19.3 Å². The fourth-order valence-electron chi connectivity index (χ4n) is 3.72. The topological polar surface area (TPSA) is 39.7 Å². The van der Waals surface area contributed by atoms with Gasteiger partial charge in [-0.15, -0.1) is 0 Å². The fourth-order valence-corrected chi connectivity index (χ4v) is 3.72. The van der Waals surface area contributed by atoms with Crippen LogP contribution >= 0.6 is 0 Å². The van der Waals surface area contributed by atoms with Gasteiger partial charge in [0.2, 0.25) is 0 Å². The molecule has 0 radical (unpaired) electrons. The first-order valence-corrected chi connectivity index (χ1v) is 7.97. The summed E-state index contributed by atoms with van der Waals surface area (Å²) in [6, 6.07) is 1.12. The Bertz CT molecular complexity index is 275. The standard InChI is InChI=1S/C15H27NO3/c1-2-13(14-4-3-9-17-14)16-12-5-7-15(8-6-12)18-10-11-19-15/h12-14,16H,2-11H2,1H3/t13-,14-/m1/s1. The smallest absolute Gasteiger partial charge is 0.168 e. The molecule has 1 saturated carbocycles. The lowest BCUT2D eigenvalue weighted by Crippen LogP contribution is -2.49. The molecule has 3 rings (SSSR count). The van der Waals surface area contributed by atoms with E-state index >= 15 is 0 Å². The highest BCUT2D eigenvalue weighted by molar-refractivity contribution is 4.89. The van der Waals surface area contributed by atoms with Crippen molar-refractivity contribution in [1.82, 2.24) is 5.32 Å². The van der Waals surface area contributed by atoms with Crippen LogP contribution in [0.5, 0.6) is 0 Å². The van der Waals surface area contributed by atoms with Crippen LogP contribution in [-0.2, 0) is 14.2 Å². The van der Waals surface area contributed by atoms with Gasteiger partial charge in [-0.3, -0.25) is 0 Å². The molecular formula is C15H27NO3. The number of hydrogen-bond acceptors (Lipinski definition) is 4. The molecule has 0 aromatic carbocycles. The van der Waals surface area contributed by atoms with Gasteiger partial charge in [0.15, 0.2) is 5.79 Å². The van der Waals surface area contributed by atoms with E-state index in [2.05, 4.69) is 12.2 Å². The van der Waals surface area contributed by atoms with Crippen LogP contribution in [0.2, 0.25) is 0 Å². The van der Waals surface area contributed by atoms with Crippen LogP contribution < -0.4 is 5.32 Å². The zero-order valence-corrected chi connectivity index (χ0v) is 12.0. The molecule has 0 aromatic heterocycles. The maximum absolute atomic E-state index is 5.83. The summed E-state index contributed by atoms with van der Waals surface area (Å²) in [5, 5.41) is 3.82. The quantitative estimate of drug-likeness (QED) is 0.849. The monoisotopic (exact) mass is 269 g/mol. The number of ether oxygens (including phenoxy) is 3. The summed E-state index contributed by atoms with van der Waals surface area (Å²) in [7, 11) is 0. The van der Waals surface area contributed by atoms with Gasteiger partial charge in [-0.2, -0.15) is 0 Å². The maximum atomic E-state index is 5.83. The van der Waals surface area contributed by atoms with Crippen molar-refractivity contribution in [2.45, 2.75) is 75.8 Å². The third-order valence-corrected chi connectivity index (χ3v) is 4.86. The van der Waals surface area contributed by atoms with Gasteiger partial charge in [0.25, 0.3) is 0 Å². The lowest BCUT2D eigenvalue weighted by molar-refractivity contribution is -0.180. The van der Waals surface area contributed by atoms with E-state index in [9.17, 15) is 0 Å². The van der Waals surface area contributed by atoms with E-state index in [1.165, 1.54) is 12.8 Å². The van der Waals surface area contributed by atoms with Crippen molar-refractivity contribution >= 4 is 0 Å². The third kappa shape index (κ3) is 3.13. The minimum Gasteiger partial charge on any atom is -0.377 e. The number of nitrogens with one attached hydrogen (secondary N) is 1. The Morgan fingerprint density at radius 3 is 2.42 bits per heavy atom. The van der Waals surface area contributed by atoms with Crippen molar-refractivity contribution in [2.24, 2.45) is 0 Å². The van der Waals surface area contributed by atoms with Crippen LogP contribution in [0.4, 0.5) is 0 Å². The Labute approximate surface area is 116 Å². The summed E-state index contributed by atoms with van der Waals surface area (Å²) in [6.07, 6.45) is 8.40. The number of rotatable bonds is 4. The van der Waals surface area contributed by atoms with Crippen molar-refractivity contribution < 1.29 is 14.2 Å². The van der Waals surface area contributed by atoms with Crippen molar-refractivity contribution in [2.75, 3.05) is 19.8 Å². The molecule has 2 atom stereocenters. The Morgan fingerprint density at radius 2 is 1.84 bits per heavy atom. The highest BCUT2D eigenvalue weighted by Crippen LogP contribution is 2.36. The van der Waals surface area contributed by atoms with E-state index in [4.69, 9.17) is 14.2 Å². The molecule has 0 bridgehead atoms. The molecule has 2 saturated heterocycles. The second-order valence-electron chi connectivity index (χ2n) is 6.11. The summed E-state index contributed by atoms with van der Waals surface area (Å²) in [6.45, 7) is 4.74. The van der Waals surface area contributed by atoms with Crippen LogP contribution in [0.3, 0.4) is 0 Å². The average Bonchev–Trinajstić information content (AvgIpc) is 3.10. The molecule has 0 aromatic rings. The lowest BCUT2D eigenvalue weighted by atomic mass is 9.89. The molecule has 4 heteroatoms. The van der Waals surface area contributed by atoms with E-state index in [0.29, 0.717) is 18.2 Å². The first-order chi connectivity index (χ1) is 9.31. The molecule has 19 heavy (non-hydrogen) atoms. The second-order valence-corrected chi connectivity index (χ2v) is 6.11. The molecule has 3 aliphatic rings. The third-order valence-electron chi connectivity index (χ3n) is 4.86. The van der Waals surface area contributed by atoms with Crippen LogP contribution in [0.1, 0.15) is 51.9 Å². The van der Waals surface area contributed by atoms with Gasteiger partial charge >= 0.3 is 0 Å². The van der Waals surface area contributed by atoms with Gasteiger partial charge < -0.3 is 19.5 Å². The zero-order valence-electron chi connectivity index (χ0n) is 12.0. The van der Waals surface area contributed by atoms with Crippen molar-refractivity contribution in [3.8, 4) is 0 Å². The highest BCUT2D eigenvalue weighted by atomic mass is 16.7. The van der Waals surface area contributed by atoms with Gasteiger partial charge in [-0.05, 0) is 32.1 Å². The van der Waals surface area contributed by atoms with Crippen molar-refractivity contribution in [3.05, 3.63) is 0 Å². The summed E-state index contributed by atoms with van der Waals surface area (Å²) < 4.78 is 17.4. The summed E-state index contributed by atoms with van der Waals surface area (Å²) in [5.41, 5.74) is 0. The number of hydrogen-bond donors (Lipinski definition) is 1. The molecule has 110 valence electrons. The minimum atomic E-state index is -0.232. The average molecular weight is 269 g/mol. The van der Waals surface area contributed by atoms with Crippen LogP contribution in [0.25, 0.3) is 0 Å². The van der Waals surface area contributed by atoms with E-state index in [0.717, 1.165) is 51.9 Å². The van der Waals surface area contributed by atoms with E-state index in [1.54, 1.807) is 0 Å². The fraction of sp³-hybridized carbons (Fsp3) is 1.00. The van der Waals surface area contributed by atoms with E-state index < -0.39 is 0 Å². The molecular weight excluding hydrogens is 242 g/mol. The molecule has 0 amide bonds. The maximum Gasteiger partial charge on any atom is 0.168 e. The van der Waals surface area contributed by atoms with Crippen molar-refractivity contribution in [1.29, 1.82) is 0 Å². The van der Waals surface area contributed by atoms with Crippen molar-refractivity contribution in [3.63, 3.8) is 0 Å². The Balaban J connectivity index is 1.47. The molecule has 1 N–H and O–H groups in total. The van der Waals surface area contributed by atoms with Crippen LogP contribution in [0.15, 0.2) is 0 Å². The van der Waals surface area contributed by atoms with Gasteiger partial charge in [-0.1, -0.05) is 6.92 Å². The first-order valence-electron chi connectivity index (χ1n) is 7.97. The van der Waals surface area contributed by atoms with Gasteiger partial charge in [0, 0.05) is 31.5 Å². The minimum absolute atomic E-state index is 0.232. The largest absolute Gasteiger partial charge is 0.377 e. The van der Waals surface area contributed by atoms with Gasteiger partial charge in [-0.25, -0.2) is 0 Å². The van der Waals surface area contributed by atoms with E-state index in [-0.39, 0.29) is 5.79 Å². The molecule has 0 unspecified atom stereocenters. The molecule has 3 fully saturated rings. The Hall–Kier alpha value is -0.160. The predicted octanol–water partition coefficient (Wildman–Crippen LogP) is 2.22. The predicted molar refractivity (Wildman–Crippen MR) is 73.1 cm³/mol. The zero-order chi connectivity index (χ0) is 13.1. The highest BCUT2D eigenvalue weighted by Gasteiger charge is 2.40. The Kier molecular flexibility index (Phi) is 4.42. The van der Waals surface area contributed by atoms with E-state index in [1.807, 2.05) is 0 Å². The SMILES string of the molecule is CC[C@@H](NC1CCC2(CC1)OCCO2)[C@H]1CCCO1. The summed E-state index contributed by atoms with van der Waals surface area (Å²) >= 11 is 0. The molecule has 4 nitrogen and oxygen atoms in total. The van der Waals surface area contributed by atoms with Crippen LogP contribution in [0, 0.1) is 0 Å². The summed E-state index contributed by atoms with van der Waals surface area (Å²) in [5.74, 6) is -0.232. The summed E-state index contributed by atoms with van der Waals surface area (Å²) in [4.78, 5) is 0. The molecule has 1 spiro atoms. The molecule has 2 heterocycles. The second kappa shape index (κ2) is 6.08. The molecule has 2 aliphatic heterocycles. The first kappa shape index (κ1) is 13.8. The van der Waals surface area contributed by atoms with Crippen LogP contribution in [-0.4, -0.2) is 43.8 Å². The lowest BCUT2D eigenvalue weighted by Gasteiger charge is -2.38. The van der Waals surface area contributed by atoms with Gasteiger partial charge in [0.1, 0.15) is 0 Å². The molecule has 1 aliphatic carbocycles.